The van der Waals surface area contributed by atoms with E-state index in [-0.39, 0.29) is 18.6 Å². The molecule has 0 bridgehead atoms. The fourth-order valence-electron chi connectivity index (χ4n) is 2.16. The van der Waals surface area contributed by atoms with Gasteiger partial charge in [0.2, 0.25) is 6.79 Å². The highest BCUT2D eigenvalue weighted by molar-refractivity contribution is 6.00. The van der Waals surface area contributed by atoms with E-state index in [1.165, 1.54) is 0 Å². The van der Waals surface area contributed by atoms with Crippen LogP contribution in [0.4, 0.5) is 0 Å². The summed E-state index contributed by atoms with van der Waals surface area (Å²) in [5.74, 6) is 1.54. The molecule has 0 spiro atoms. The summed E-state index contributed by atoms with van der Waals surface area (Å²) in [5.41, 5.74) is 0.698. The van der Waals surface area contributed by atoms with Gasteiger partial charge in [-0.2, -0.15) is 0 Å². The lowest BCUT2D eigenvalue weighted by atomic mass is 10.0. The van der Waals surface area contributed by atoms with Gasteiger partial charge in [0.25, 0.3) is 0 Å². The molecule has 4 heteroatoms. The summed E-state index contributed by atoms with van der Waals surface area (Å²) < 4.78 is 10.5. The monoisotopic (exact) mass is 219 g/mol. The molecule has 1 saturated heterocycles. The molecule has 1 N–H and O–H groups in total. The van der Waals surface area contributed by atoms with E-state index in [2.05, 4.69) is 5.32 Å². The average molecular weight is 219 g/mol. The maximum atomic E-state index is 12.1. The first kappa shape index (κ1) is 9.66. The van der Waals surface area contributed by atoms with Crippen molar-refractivity contribution in [2.75, 3.05) is 13.3 Å². The summed E-state index contributed by atoms with van der Waals surface area (Å²) in [4.78, 5) is 12.1. The van der Waals surface area contributed by atoms with Crippen molar-refractivity contribution in [3.8, 4) is 11.5 Å². The van der Waals surface area contributed by atoms with Gasteiger partial charge >= 0.3 is 0 Å². The number of hydrogen-bond donors (Lipinski definition) is 1. The molecule has 0 saturated carbocycles. The molecule has 4 nitrogen and oxygen atoms in total. The molecule has 3 rings (SSSR count). The highest BCUT2D eigenvalue weighted by Gasteiger charge is 2.24. The van der Waals surface area contributed by atoms with Crippen LogP contribution in [0.2, 0.25) is 0 Å². The topological polar surface area (TPSA) is 47.6 Å². The van der Waals surface area contributed by atoms with E-state index in [0.717, 1.165) is 25.1 Å². The van der Waals surface area contributed by atoms with Gasteiger partial charge in [-0.05, 0) is 37.6 Å². The van der Waals surface area contributed by atoms with E-state index in [0.29, 0.717) is 11.3 Å². The Morgan fingerprint density at radius 3 is 3.00 bits per heavy atom. The van der Waals surface area contributed by atoms with Gasteiger partial charge in [0.1, 0.15) is 0 Å². The number of benzene rings is 1. The minimum atomic E-state index is -0.0274. The van der Waals surface area contributed by atoms with Gasteiger partial charge in [0, 0.05) is 5.56 Å². The number of carbonyl (C=O) groups is 1. The minimum Gasteiger partial charge on any atom is -0.454 e. The molecular formula is C12H13NO3. The van der Waals surface area contributed by atoms with Crippen LogP contribution in [-0.4, -0.2) is 25.2 Å². The van der Waals surface area contributed by atoms with Crippen LogP contribution >= 0.6 is 0 Å². The Hall–Kier alpha value is -1.55. The number of fused-ring (bicyclic) bond motifs is 1. The lowest BCUT2D eigenvalue weighted by Crippen LogP contribution is -2.30. The molecule has 0 aromatic heterocycles. The second kappa shape index (κ2) is 3.79. The number of nitrogens with one attached hydrogen (secondary N) is 1. The van der Waals surface area contributed by atoms with Crippen LogP contribution in [0.15, 0.2) is 18.2 Å². The molecule has 1 fully saturated rings. The fourth-order valence-corrected chi connectivity index (χ4v) is 2.16. The molecular weight excluding hydrogens is 206 g/mol. The smallest absolute Gasteiger partial charge is 0.231 e. The van der Waals surface area contributed by atoms with Crippen LogP contribution in [0, 0.1) is 0 Å². The lowest BCUT2D eigenvalue weighted by Gasteiger charge is -2.09. The second-order valence-electron chi connectivity index (χ2n) is 4.08. The van der Waals surface area contributed by atoms with Crippen LogP contribution in [0.1, 0.15) is 23.2 Å². The number of ether oxygens (including phenoxy) is 2. The predicted octanol–water partition coefficient (Wildman–Crippen LogP) is 1.35. The maximum absolute atomic E-state index is 12.1. The third-order valence-electron chi connectivity index (χ3n) is 3.03. The fraction of sp³-hybridized carbons (Fsp3) is 0.417. The zero-order valence-corrected chi connectivity index (χ0v) is 8.86. The Morgan fingerprint density at radius 1 is 1.31 bits per heavy atom. The zero-order chi connectivity index (χ0) is 11.0. The molecule has 2 aliphatic heterocycles. The normalized spacial score (nSPS) is 22.4. The molecule has 1 atom stereocenters. The van der Waals surface area contributed by atoms with Gasteiger partial charge in [0.05, 0.1) is 6.04 Å². The van der Waals surface area contributed by atoms with Crippen molar-refractivity contribution in [2.24, 2.45) is 0 Å². The molecule has 1 aromatic rings. The SMILES string of the molecule is O=C(c1ccc2c(c1)OCO2)C1CCCN1. The van der Waals surface area contributed by atoms with Crippen molar-refractivity contribution in [3.05, 3.63) is 23.8 Å². The molecule has 0 aliphatic carbocycles. The Balaban J connectivity index is 1.86. The first-order valence-corrected chi connectivity index (χ1v) is 5.52. The maximum Gasteiger partial charge on any atom is 0.231 e. The number of carbonyl (C=O) groups excluding carboxylic acids is 1. The molecule has 0 amide bonds. The first-order valence-electron chi connectivity index (χ1n) is 5.52. The van der Waals surface area contributed by atoms with E-state index in [4.69, 9.17) is 9.47 Å². The van der Waals surface area contributed by atoms with Crippen molar-refractivity contribution < 1.29 is 14.3 Å². The molecule has 16 heavy (non-hydrogen) atoms. The quantitative estimate of drug-likeness (QED) is 0.763. The summed E-state index contributed by atoms with van der Waals surface area (Å²) in [6.07, 6.45) is 1.99. The number of hydrogen-bond acceptors (Lipinski definition) is 4. The molecule has 1 aromatic carbocycles. The third kappa shape index (κ3) is 1.55. The summed E-state index contributed by atoms with van der Waals surface area (Å²) in [7, 11) is 0. The Kier molecular flexibility index (Phi) is 2.29. The molecule has 84 valence electrons. The van der Waals surface area contributed by atoms with Crippen molar-refractivity contribution in [1.29, 1.82) is 0 Å². The minimum absolute atomic E-state index is 0.0274. The van der Waals surface area contributed by atoms with Crippen molar-refractivity contribution in [1.82, 2.24) is 5.32 Å². The first-order chi connectivity index (χ1) is 7.84. The van der Waals surface area contributed by atoms with Crippen LogP contribution in [0.3, 0.4) is 0 Å². The van der Waals surface area contributed by atoms with E-state index in [1.807, 2.05) is 0 Å². The van der Waals surface area contributed by atoms with Crippen LogP contribution in [0.5, 0.6) is 11.5 Å². The van der Waals surface area contributed by atoms with Crippen molar-refractivity contribution >= 4 is 5.78 Å². The van der Waals surface area contributed by atoms with Crippen LogP contribution < -0.4 is 14.8 Å². The van der Waals surface area contributed by atoms with E-state index in [9.17, 15) is 4.79 Å². The van der Waals surface area contributed by atoms with Gasteiger partial charge in [-0.15, -0.1) is 0 Å². The van der Waals surface area contributed by atoms with Crippen molar-refractivity contribution in [2.45, 2.75) is 18.9 Å². The standard InChI is InChI=1S/C12H13NO3/c14-12(9-2-1-5-13-9)8-3-4-10-11(6-8)16-7-15-10/h3-4,6,9,13H,1-2,5,7H2. The van der Waals surface area contributed by atoms with Gasteiger partial charge in [-0.3, -0.25) is 4.79 Å². The van der Waals surface area contributed by atoms with Gasteiger partial charge in [-0.25, -0.2) is 0 Å². The number of rotatable bonds is 2. The van der Waals surface area contributed by atoms with Crippen LogP contribution in [-0.2, 0) is 0 Å². The van der Waals surface area contributed by atoms with E-state index < -0.39 is 0 Å². The summed E-state index contributed by atoms with van der Waals surface area (Å²) >= 11 is 0. The van der Waals surface area contributed by atoms with Gasteiger partial charge in [-0.1, -0.05) is 0 Å². The predicted molar refractivity (Wildman–Crippen MR) is 57.9 cm³/mol. The third-order valence-corrected chi connectivity index (χ3v) is 3.03. The highest BCUT2D eigenvalue weighted by Crippen LogP contribution is 2.33. The summed E-state index contributed by atoms with van der Waals surface area (Å²) in [6.45, 7) is 1.18. The van der Waals surface area contributed by atoms with Crippen molar-refractivity contribution in [3.63, 3.8) is 0 Å². The molecule has 1 unspecified atom stereocenters. The lowest BCUT2D eigenvalue weighted by molar-refractivity contribution is 0.0952. The number of ketones is 1. The highest BCUT2D eigenvalue weighted by atomic mass is 16.7. The van der Waals surface area contributed by atoms with E-state index >= 15 is 0 Å². The summed E-state index contributed by atoms with van der Waals surface area (Å²) in [5, 5.41) is 3.20. The largest absolute Gasteiger partial charge is 0.454 e. The van der Waals surface area contributed by atoms with Gasteiger partial charge in [0.15, 0.2) is 17.3 Å². The Labute approximate surface area is 93.5 Å². The Bertz CT molecular complexity index is 424. The average Bonchev–Trinajstić information content (AvgIpc) is 2.98. The number of Topliss-reactive ketones (excluding diaryl/α,β-unsaturated/α-hetero) is 1. The summed E-state index contributed by atoms with van der Waals surface area (Å²) in [6, 6.07) is 5.34. The second-order valence-corrected chi connectivity index (χ2v) is 4.08. The molecule has 2 heterocycles. The van der Waals surface area contributed by atoms with Gasteiger partial charge < -0.3 is 14.8 Å². The molecule has 0 radical (unpaired) electrons. The van der Waals surface area contributed by atoms with E-state index in [1.54, 1.807) is 18.2 Å². The molecule has 2 aliphatic rings. The Morgan fingerprint density at radius 2 is 2.19 bits per heavy atom. The zero-order valence-electron chi connectivity index (χ0n) is 8.86. The van der Waals surface area contributed by atoms with Crippen LogP contribution in [0.25, 0.3) is 0 Å².